The van der Waals surface area contributed by atoms with Crippen molar-refractivity contribution in [3.8, 4) is 0 Å². The second kappa shape index (κ2) is 6.22. The third-order valence-corrected chi connectivity index (χ3v) is 3.09. The number of alkyl halides is 6. The van der Waals surface area contributed by atoms with Crippen LogP contribution in [0.4, 0.5) is 32.0 Å². The van der Waals surface area contributed by atoms with Gasteiger partial charge in [0.05, 0.1) is 11.1 Å². The molecular formula is C15H11F6NO4. The summed E-state index contributed by atoms with van der Waals surface area (Å²) in [6.45, 7) is 2.55. The Bertz CT molecular complexity index is 725. The number of esters is 2. The minimum Gasteiger partial charge on any atom is -0.419 e. The molecule has 0 spiro atoms. The number of cyclic esters (lactones) is 2. The van der Waals surface area contributed by atoms with Gasteiger partial charge in [-0.3, -0.25) is 0 Å². The van der Waals surface area contributed by atoms with Crippen molar-refractivity contribution in [1.82, 2.24) is 0 Å². The molecule has 26 heavy (non-hydrogen) atoms. The predicted octanol–water partition coefficient (Wildman–Crippen LogP) is 3.86. The fourth-order valence-electron chi connectivity index (χ4n) is 1.97. The summed E-state index contributed by atoms with van der Waals surface area (Å²) in [7, 11) is 0. The average Bonchev–Trinajstić information content (AvgIpc) is 2.42. The highest BCUT2D eigenvalue weighted by atomic mass is 19.4. The predicted molar refractivity (Wildman–Crippen MR) is 74.4 cm³/mol. The van der Waals surface area contributed by atoms with Gasteiger partial charge in [-0.2, -0.15) is 26.3 Å². The van der Waals surface area contributed by atoms with Crippen LogP contribution >= 0.6 is 0 Å². The second-order valence-electron chi connectivity index (χ2n) is 5.68. The van der Waals surface area contributed by atoms with Gasteiger partial charge in [-0.1, -0.05) is 0 Å². The monoisotopic (exact) mass is 383 g/mol. The standard InChI is InChI=1S/C15H11F6NO4/c1-13(2)25-11(23)10(12(24)26-13)6-22-9-4-7(14(16,17)18)3-8(5-9)15(19,20)21/h3-6,22H,1-2H3. The number of hydrogen-bond acceptors (Lipinski definition) is 5. The van der Waals surface area contributed by atoms with Crippen LogP contribution in [-0.4, -0.2) is 17.7 Å². The maximum absolute atomic E-state index is 12.8. The maximum Gasteiger partial charge on any atom is 0.416 e. The van der Waals surface area contributed by atoms with Crippen LogP contribution in [-0.2, 0) is 31.4 Å². The number of nitrogens with one attached hydrogen (secondary N) is 1. The molecule has 142 valence electrons. The number of carbonyl (C=O) groups excluding carboxylic acids is 2. The minimum atomic E-state index is -5.03. The summed E-state index contributed by atoms with van der Waals surface area (Å²) in [4.78, 5) is 23.4. The molecule has 1 aliphatic heterocycles. The van der Waals surface area contributed by atoms with E-state index in [-0.39, 0.29) is 6.07 Å². The molecule has 0 atom stereocenters. The maximum atomic E-state index is 12.8. The molecule has 1 fully saturated rings. The van der Waals surface area contributed by atoms with E-state index in [1.165, 1.54) is 13.8 Å². The third kappa shape index (κ3) is 4.46. The molecular weight excluding hydrogens is 372 g/mol. The first-order chi connectivity index (χ1) is 11.7. The van der Waals surface area contributed by atoms with Gasteiger partial charge < -0.3 is 14.8 Å². The summed E-state index contributed by atoms with van der Waals surface area (Å²) < 4.78 is 86.2. The fraction of sp³-hybridized carbons (Fsp3) is 0.333. The molecule has 1 aromatic carbocycles. The van der Waals surface area contributed by atoms with Gasteiger partial charge >= 0.3 is 24.3 Å². The van der Waals surface area contributed by atoms with E-state index in [1.54, 1.807) is 0 Å². The Hall–Kier alpha value is -2.72. The summed E-state index contributed by atoms with van der Waals surface area (Å²) in [5.74, 6) is -3.81. The number of rotatable bonds is 2. The van der Waals surface area contributed by atoms with Gasteiger partial charge in [0, 0.05) is 25.7 Å². The molecule has 0 amide bonds. The van der Waals surface area contributed by atoms with E-state index < -0.39 is 52.5 Å². The molecule has 0 unspecified atom stereocenters. The van der Waals surface area contributed by atoms with Crippen molar-refractivity contribution >= 4 is 17.6 Å². The normalized spacial score (nSPS) is 17.5. The zero-order chi connectivity index (χ0) is 19.9. The molecule has 1 saturated heterocycles. The zero-order valence-electron chi connectivity index (χ0n) is 13.2. The molecule has 0 saturated carbocycles. The van der Waals surface area contributed by atoms with E-state index in [2.05, 4.69) is 5.32 Å². The van der Waals surface area contributed by atoms with Crippen LogP contribution < -0.4 is 5.32 Å². The van der Waals surface area contributed by atoms with Crippen molar-refractivity contribution in [2.75, 3.05) is 5.32 Å². The number of carbonyl (C=O) groups is 2. The van der Waals surface area contributed by atoms with E-state index >= 15 is 0 Å². The highest BCUT2D eigenvalue weighted by Crippen LogP contribution is 2.37. The van der Waals surface area contributed by atoms with E-state index in [0.29, 0.717) is 18.3 Å². The zero-order valence-corrected chi connectivity index (χ0v) is 13.2. The molecule has 0 radical (unpaired) electrons. The number of hydrogen-bond donors (Lipinski definition) is 1. The van der Waals surface area contributed by atoms with Crippen molar-refractivity contribution in [2.45, 2.75) is 32.0 Å². The summed E-state index contributed by atoms with van der Waals surface area (Å²) in [6.07, 6.45) is -9.44. The topological polar surface area (TPSA) is 64.6 Å². The number of halogens is 6. The Kier molecular flexibility index (Phi) is 4.69. The lowest BCUT2D eigenvalue weighted by Gasteiger charge is -2.29. The lowest BCUT2D eigenvalue weighted by atomic mass is 10.1. The Morgan fingerprint density at radius 1 is 0.885 bits per heavy atom. The molecule has 0 aliphatic carbocycles. The third-order valence-electron chi connectivity index (χ3n) is 3.09. The Morgan fingerprint density at radius 3 is 1.69 bits per heavy atom. The quantitative estimate of drug-likeness (QED) is 0.364. The van der Waals surface area contributed by atoms with Crippen molar-refractivity contribution < 1.29 is 45.4 Å². The van der Waals surface area contributed by atoms with Crippen molar-refractivity contribution in [1.29, 1.82) is 0 Å². The summed E-state index contributed by atoms with van der Waals surface area (Å²) >= 11 is 0. The molecule has 0 bridgehead atoms. The van der Waals surface area contributed by atoms with E-state index in [1.807, 2.05) is 0 Å². The first-order valence-corrected chi connectivity index (χ1v) is 6.92. The van der Waals surface area contributed by atoms with E-state index in [4.69, 9.17) is 9.47 Å². The number of anilines is 1. The highest BCUT2D eigenvalue weighted by molar-refractivity contribution is 6.15. The van der Waals surface area contributed by atoms with Gasteiger partial charge in [-0.25, -0.2) is 9.59 Å². The van der Waals surface area contributed by atoms with Gasteiger partial charge in [0.2, 0.25) is 0 Å². The van der Waals surface area contributed by atoms with Gasteiger partial charge in [0.15, 0.2) is 5.57 Å². The van der Waals surface area contributed by atoms with Gasteiger partial charge in [0.1, 0.15) is 0 Å². The van der Waals surface area contributed by atoms with Crippen LogP contribution in [0.25, 0.3) is 0 Å². The van der Waals surface area contributed by atoms with Crippen LogP contribution in [0.15, 0.2) is 30.0 Å². The molecule has 1 N–H and O–H groups in total. The minimum absolute atomic E-state index is 0.0516. The molecule has 2 rings (SSSR count). The second-order valence-corrected chi connectivity index (χ2v) is 5.68. The van der Waals surface area contributed by atoms with Crippen molar-refractivity contribution in [2.24, 2.45) is 0 Å². The highest BCUT2D eigenvalue weighted by Gasteiger charge is 2.39. The molecule has 0 aromatic heterocycles. The molecule has 1 heterocycles. The largest absolute Gasteiger partial charge is 0.419 e. The summed E-state index contributed by atoms with van der Waals surface area (Å²) in [5.41, 5.74) is -4.45. The van der Waals surface area contributed by atoms with Crippen LogP contribution in [0.2, 0.25) is 0 Å². The Morgan fingerprint density at radius 2 is 1.31 bits per heavy atom. The first kappa shape index (κ1) is 19.6. The molecule has 1 aromatic rings. The lowest BCUT2D eigenvalue weighted by Crippen LogP contribution is -2.42. The van der Waals surface area contributed by atoms with Crippen molar-refractivity contribution in [3.63, 3.8) is 0 Å². The van der Waals surface area contributed by atoms with Gasteiger partial charge in [-0.15, -0.1) is 0 Å². The Balaban J connectivity index is 2.37. The van der Waals surface area contributed by atoms with E-state index in [0.717, 1.165) is 0 Å². The van der Waals surface area contributed by atoms with Crippen LogP contribution in [0.3, 0.4) is 0 Å². The smallest absolute Gasteiger partial charge is 0.416 e. The summed E-state index contributed by atoms with van der Waals surface area (Å²) in [5, 5.41) is 2.06. The Labute approximate surface area is 142 Å². The van der Waals surface area contributed by atoms with Crippen LogP contribution in [0.5, 0.6) is 0 Å². The fourth-order valence-corrected chi connectivity index (χ4v) is 1.97. The lowest BCUT2D eigenvalue weighted by molar-refractivity contribution is -0.222. The molecule has 11 heteroatoms. The average molecular weight is 383 g/mol. The van der Waals surface area contributed by atoms with Crippen LogP contribution in [0, 0.1) is 0 Å². The molecule has 5 nitrogen and oxygen atoms in total. The van der Waals surface area contributed by atoms with Crippen LogP contribution in [0.1, 0.15) is 25.0 Å². The molecule has 1 aliphatic rings. The first-order valence-electron chi connectivity index (χ1n) is 6.92. The van der Waals surface area contributed by atoms with Crippen molar-refractivity contribution in [3.05, 3.63) is 41.1 Å². The SMILES string of the molecule is CC1(C)OC(=O)C(=CNc2cc(C(F)(F)F)cc(C(F)(F)F)c2)C(=O)O1. The summed E-state index contributed by atoms with van der Waals surface area (Å²) in [6, 6.07) is 0.745. The van der Waals surface area contributed by atoms with Gasteiger partial charge in [0.25, 0.3) is 5.79 Å². The van der Waals surface area contributed by atoms with Gasteiger partial charge in [-0.05, 0) is 18.2 Å². The number of ether oxygens (including phenoxy) is 2. The number of benzene rings is 1. The van der Waals surface area contributed by atoms with E-state index in [9.17, 15) is 35.9 Å².